The zero-order valence-electron chi connectivity index (χ0n) is 16.0. The zero-order valence-corrected chi connectivity index (χ0v) is 16.0. The summed E-state index contributed by atoms with van der Waals surface area (Å²) in [6.07, 6.45) is 1.72. The Kier molecular flexibility index (Phi) is 4.73. The van der Waals surface area contributed by atoms with Crippen molar-refractivity contribution in [1.82, 2.24) is 0 Å². The van der Waals surface area contributed by atoms with Gasteiger partial charge in [0.05, 0.1) is 12.8 Å². The van der Waals surface area contributed by atoms with Crippen LogP contribution in [-0.2, 0) is 33.6 Å². The number of hydrogen-bond donors (Lipinski definition) is 1. The van der Waals surface area contributed by atoms with E-state index in [0.717, 1.165) is 19.3 Å². The van der Waals surface area contributed by atoms with Crippen LogP contribution in [0.4, 0.5) is 0 Å². The van der Waals surface area contributed by atoms with E-state index in [0.29, 0.717) is 12.3 Å². The fourth-order valence-electron chi connectivity index (χ4n) is 5.40. The first-order chi connectivity index (χ1) is 12.7. The SMILES string of the molecule is C[C@H]1[C@@H](OC(=O)CCC(=O)O)O[C@@H]2O[C@@]3(C)CCC4[C@H](C)CC[C@@H]1[C@]42OO3. The molecule has 5 fully saturated rings. The van der Waals surface area contributed by atoms with Gasteiger partial charge in [0.2, 0.25) is 12.1 Å². The van der Waals surface area contributed by atoms with E-state index >= 15 is 0 Å². The van der Waals surface area contributed by atoms with E-state index in [1.807, 2.05) is 13.8 Å². The maximum absolute atomic E-state index is 12.1. The highest BCUT2D eigenvalue weighted by Crippen LogP contribution is 2.60. The van der Waals surface area contributed by atoms with Crippen LogP contribution in [0, 0.1) is 23.7 Å². The summed E-state index contributed by atoms with van der Waals surface area (Å²) in [6.45, 7) is 6.06. The minimum atomic E-state index is -1.03. The Morgan fingerprint density at radius 1 is 1.11 bits per heavy atom. The summed E-state index contributed by atoms with van der Waals surface area (Å²) in [5, 5.41) is 8.76. The summed E-state index contributed by atoms with van der Waals surface area (Å²) in [5.74, 6) is -1.82. The molecular weight excluding hydrogens is 356 g/mol. The molecule has 8 nitrogen and oxygen atoms in total. The van der Waals surface area contributed by atoms with Crippen LogP contribution in [0.15, 0.2) is 0 Å². The molecule has 8 heteroatoms. The Hall–Kier alpha value is -1.22. The minimum Gasteiger partial charge on any atom is -0.481 e. The van der Waals surface area contributed by atoms with Gasteiger partial charge in [-0.1, -0.05) is 13.8 Å². The quantitative estimate of drug-likeness (QED) is 0.583. The van der Waals surface area contributed by atoms with Crippen molar-refractivity contribution in [2.75, 3.05) is 0 Å². The summed E-state index contributed by atoms with van der Waals surface area (Å²) in [7, 11) is 0. The second kappa shape index (κ2) is 6.69. The second-order valence-electron chi connectivity index (χ2n) is 8.66. The molecule has 1 unspecified atom stereocenters. The molecule has 152 valence electrons. The number of ether oxygens (including phenoxy) is 3. The lowest BCUT2D eigenvalue weighted by molar-refractivity contribution is -0.576. The fraction of sp³-hybridized carbons (Fsp3) is 0.895. The molecule has 5 rings (SSSR count). The summed E-state index contributed by atoms with van der Waals surface area (Å²) < 4.78 is 17.8. The first-order valence-electron chi connectivity index (χ1n) is 9.86. The van der Waals surface area contributed by atoms with Gasteiger partial charge in [-0.05, 0) is 38.0 Å². The molecule has 2 bridgehead atoms. The van der Waals surface area contributed by atoms with E-state index in [-0.39, 0.29) is 30.6 Å². The molecule has 0 aromatic carbocycles. The Balaban J connectivity index is 1.58. The molecule has 0 aromatic heterocycles. The number of hydrogen-bond acceptors (Lipinski definition) is 7. The molecule has 27 heavy (non-hydrogen) atoms. The molecule has 4 aliphatic heterocycles. The number of fused-ring (bicyclic) bond motifs is 2. The van der Waals surface area contributed by atoms with Crippen molar-refractivity contribution in [2.45, 2.75) is 83.3 Å². The van der Waals surface area contributed by atoms with Crippen LogP contribution in [0.1, 0.15) is 59.3 Å². The van der Waals surface area contributed by atoms with Crippen LogP contribution in [0.25, 0.3) is 0 Å². The summed E-state index contributed by atoms with van der Waals surface area (Å²) >= 11 is 0. The minimum absolute atomic E-state index is 0.0670. The molecule has 4 saturated heterocycles. The predicted molar refractivity (Wildman–Crippen MR) is 89.8 cm³/mol. The second-order valence-corrected chi connectivity index (χ2v) is 8.66. The Labute approximate surface area is 158 Å². The Morgan fingerprint density at radius 2 is 1.89 bits per heavy atom. The van der Waals surface area contributed by atoms with E-state index in [1.165, 1.54) is 0 Å². The van der Waals surface area contributed by atoms with Crippen LogP contribution >= 0.6 is 0 Å². The molecular formula is C19H28O8. The smallest absolute Gasteiger partial charge is 0.308 e. The van der Waals surface area contributed by atoms with E-state index in [1.54, 1.807) is 0 Å². The molecule has 1 N–H and O–H groups in total. The lowest BCUT2D eigenvalue weighted by atomic mass is 9.58. The average Bonchev–Trinajstić information content (AvgIpc) is 2.84. The van der Waals surface area contributed by atoms with Crippen molar-refractivity contribution in [1.29, 1.82) is 0 Å². The first-order valence-corrected chi connectivity index (χ1v) is 9.86. The van der Waals surface area contributed by atoms with Crippen molar-refractivity contribution in [2.24, 2.45) is 23.7 Å². The van der Waals surface area contributed by atoms with Gasteiger partial charge in [-0.3, -0.25) is 9.59 Å². The van der Waals surface area contributed by atoms with Gasteiger partial charge < -0.3 is 19.3 Å². The maximum Gasteiger partial charge on any atom is 0.308 e. The highest BCUT2D eigenvalue weighted by atomic mass is 17.3. The average molecular weight is 384 g/mol. The molecule has 1 spiro atoms. The summed E-state index contributed by atoms with van der Waals surface area (Å²) in [6, 6.07) is 0. The number of esters is 1. The van der Waals surface area contributed by atoms with Gasteiger partial charge in [0.25, 0.3) is 0 Å². The standard InChI is InChI=1S/C19H28O8/c1-10-4-5-13-11(2)16(23-15(22)7-6-14(20)21)24-17-19(13)12(10)8-9-18(3,25-17)26-27-19/h10-13,16-17H,4-9H2,1-3H3,(H,20,21)/t10-,11-,12?,13+,16+,17-,18-,19-/m1/s1. The van der Waals surface area contributed by atoms with Crippen LogP contribution < -0.4 is 0 Å². The van der Waals surface area contributed by atoms with E-state index in [4.69, 9.17) is 29.1 Å². The van der Waals surface area contributed by atoms with Crippen LogP contribution in [0.5, 0.6) is 0 Å². The third-order valence-corrected chi connectivity index (χ3v) is 6.89. The largest absolute Gasteiger partial charge is 0.481 e. The number of aliphatic carboxylic acids is 1. The van der Waals surface area contributed by atoms with Gasteiger partial charge in [-0.25, -0.2) is 9.78 Å². The van der Waals surface area contributed by atoms with E-state index < -0.39 is 35.9 Å². The van der Waals surface area contributed by atoms with Crippen LogP contribution in [0.2, 0.25) is 0 Å². The normalized spacial score (nSPS) is 48.4. The Morgan fingerprint density at radius 3 is 2.63 bits per heavy atom. The fourth-order valence-corrected chi connectivity index (χ4v) is 5.40. The molecule has 1 aliphatic carbocycles. The van der Waals surface area contributed by atoms with Crippen molar-refractivity contribution >= 4 is 11.9 Å². The van der Waals surface area contributed by atoms with Gasteiger partial charge in [-0.2, -0.15) is 0 Å². The lowest BCUT2D eigenvalue weighted by Gasteiger charge is -2.59. The van der Waals surface area contributed by atoms with Gasteiger partial charge >= 0.3 is 11.9 Å². The molecule has 1 saturated carbocycles. The predicted octanol–water partition coefficient (Wildman–Crippen LogP) is 2.60. The number of carbonyl (C=O) groups excluding carboxylic acids is 1. The lowest BCUT2D eigenvalue weighted by Crippen LogP contribution is -2.70. The molecule has 4 heterocycles. The van der Waals surface area contributed by atoms with E-state index in [9.17, 15) is 9.59 Å². The highest BCUT2D eigenvalue weighted by Gasteiger charge is 2.69. The number of carboxylic acids is 1. The third-order valence-electron chi connectivity index (χ3n) is 6.89. The number of carboxylic acid groups (broad SMARTS) is 1. The highest BCUT2D eigenvalue weighted by molar-refractivity contribution is 5.76. The van der Waals surface area contributed by atoms with Gasteiger partial charge in [0.15, 0.2) is 11.9 Å². The summed E-state index contributed by atoms with van der Waals surface area (Å²) in [4.78, 5) is 34.5. The van der Waals surface area contributed by atoms with E-state index in [2.05, 4.69) is 6.92 Å². The zero-order chi connectivity index (χ0) is 19.4. The van der Waals surface area contributed by atoms with Gasteiger partial charge in [-0.15, -0.1) is 0 Å². The number of rotatable bonds is 4. The van der Waals surface area contributed by atoms with Crippen LogP contribution in [0.3, 0.4) is 0 Å². The van der Waals surface area contributed by atoms with Gasteiger partial charge in [0, 0.05) is 18.3 Å². The van der Waals surface area contributed by atoms with Crippen molar-refractivity contribution < 1.29 is 38.7 Å². The first kappa shape index (κ1) is 19.1. The molecule has 0 radical (unpaired) electrons. The topological polar surface area (TPSA) is 101 Å². The van der Waals surface area contributed by atoms with Gasteiger partial charge in [0.1, 0.15) is 0 Å². The molecule has 8 atom stereocenters. The molecule has 5 aliphatic rings. The third kappa shape index (κ3) is 3.06. The van der Waals surface area contributed by atoms with Crippen LogP contribution in [-0.4, -0.2) is 41.0 Å². The molecule has 0 amide bonds. The number of carbonyl (C=O) groups is 2. The monoisotopic (exact) mass is 384 g/mol. The van der Waals surface area contributed by atoms with Crippen molar-refractivity contribution in [3.05, 3.63) is 0 Å². The van der Waals surface area contributed by atoms with Crippen molar-refractivity contribution in [3.63, 3.8) is 0 Å². The maximum atomic E-state index is 12.1. The van der Waals surface area contributed by atoms with Crippen molar-refractivity contribution in [3.8, 4) is 0 Å². The molecule has 0 aromatic rings. The Bertz CT molecular complexity index is 623. The summed E-state index contributed by atoms with van der Waals surface area (Å²) in [5.41, 5.74) is -0.697.